The molecule has 0 bridgehead atoms. The molecule has 68 valence electrons. The van der Waals surface area contributed by atoms with Crippen molar-refractivity contribution < 1.29 is 12.6 Å². The Labute approximate surface area is 68.2 Å². The van der Waals surface area contributed by atoms with E-state index in [0.29, 0.717) is 12.5 Å². The average Bonchev–Trinajstić information content (AvgIpc) is 1.84. The monoisotopic (exact) mass is 181 g/mol. The van der Waals surface area contributed by atoms with E-state index < -0.39 is 10.3 Å². The van der Waals surface area contributed by atoms with Crippen LogP contribution in [0.4, 0.5) is 0 Å². The topological polar surface area (TPSA) is 55.4 Å². The summed E-state index contributed by atoms with van der Waals surface area (Å²) in [5.74, 6) is 0.297. The lowest BCUT2D eigenvalue weighted by Gasteiger charge is -2.06. The van der Waals surface area contributed by atoms with E-state index >= 15 is 0 Å². The van der Waals surface area contributed by atoms with Crippen LogP contribution < -0.4 is 4.72 Å². The van der Waals surface area contributed by atoms with Crippen molar-refractivity contribution in [1.29, 1.82) is 0 Å². The molecular weight excluding hydrogens is 166 g/mol. The Kier molecular flexibility index (Phi) is 4.63. The van der Waals surface area contributed by atoms with Crippen molar-refractivity contribution in [2.24, 2.45) is 5.92 Å². The van der Waals surface area contributed by atoms with Crippen LogP contribution in [0.3, 0.4) is 0 Å². The minimum Gasteiger partial charge on any atom is -0.258 e. The van der Waals surface area contributed by atoms with E-state index in [1.165, 1.54) is 0 Å². The van der Waals surface area contributed by atoms with Gasteiger partial charge in [0, 0.05) is 6.54 Å². The van der Waals surface area contributed by atoms with Gasteiger partial charge in [-0.15, -0.1) is 0 Å². The molecule has 0 aliphatic heterocycles. The molecule has 0 aromatic heterocycles. The first-order valence-corrected chi connectivity index (χ1v) is 5.02. The summed E-state index contributed by atoms with van der Waals surface area (Å²) in [4.78, 5) is 0. The summed E-state index contributed by atoms with van der Waals surface area (Å²) in [6.45, 7) is 6.08. The first kappa shape index (κ1) is 10.9. The highest BCUT2D eigenvalue weighted by molar-refractivity contribution is 7.84. The molecule has 0 heterocycles. The molecule has 5 heteroatoms. The summed E-state index contributed by atoms with van der Waals surface area (Å²) in [6.07, 6.45) is 0. The Bertz CT molecular complexity index is 186. The minimum absolute atomic E-state index is 0.174. The number of rotatable bonds is 5. The van der Waals surface area contributed by atoms with E-state index in [2.05, 4.69) is 8.91 Å². The number of hydrogen-bond donors (Lipinski definition) is 1. The Morgan fingerprint density at radius 1 is 1.45 bits per heavy atom. The highest BCUT2D eigenvalue weighted by atomic mass is 32.2. The van der Waals surface area contributed by atoms with E-state index in [1.807, 2.05) is 13.8 Å². The fourth-order valence-electron chi connectivity index (χ4n) is 0.466. The zero-order valence-electron chi connectivity index (χ0n) is 7.12. The maximum atomic E-state index is 10.8. The molecule has 0 aromatic carbocycles. The summed E-state index contributed by atoms with van der Waals surface area (Å²) < 4.78 is 28.4. The third-order valence-electron chi connectivity index (χ3n) is 0.941. The molecule has 0 aromatic rings. The Morgan fingerprint density at radius 3 is 2.36 bits per heavy atom. The summed E-state index contributed by atoms with van der Waals surface area (Å²) in [6, 6.07) is 0. The van der Waals surface area contributed by atoms with Gasteiger partial charge in [0.2, 0.25) is 0 Å². The quantitative estimate of drug-likeness (QED) is 0.672. The van der Waals surface area contributed by atoms with Crippen molar-refractivity contribution in [3.63, 3.8) is 0 Å². The van der Waals surface area contributed by atoms with Gasteiger partial charge >= 0.3 is 10.3 Å². The van der Waals surface area contributed by atoms with Gasteiger partial charge in [-0.25, -0.2) is 0 Å². The third kappa shape index (κ3) is 6.28. The molecule has 1 N–H and O–H groups in total. The third-order valence-corrected chi connectivity index (χ3v) is 2.01. The van der Waals surface area contributed by atoms with Gasteiger partial charge in [-0.05, 0) is 12.8 Å². The van der Waals surface area contributed by atoms with Crippen LogP contribution in [0.2, 0.25) is 0 Å². The molecule has 0 aliphatic rings. The highest BCUT2D eigenvalue weighted by Crippen LogP contribution is 1.91. The number of hydrogen-bond acceptors (Lipinski definition) is 3. The predicted molar refractivity (Wildman–Crippen MR) is 43.4 cm³/mol. The van der Waals surface area contributed by atoms with Gasteiger partial charge < -0.3 is 0 Å². The van der Waals surface area contributed by atoms with Crippen molar-refractivity contribution in [2.45, 2.75) is 20.8 Å². The molecule has 0 spiro atoms. The van der Waals surface area contributed by atoms with Gasteiger partial charge in [-0.3, -0.25) is 4.18 Å². The molecule has 0 rings (SSSR count). The first-order chi connectivity index (χ1) is 4.98. The van der Waals surface area contributed by atoms with Crippen LogP contribution in [0.15, 0.2) is 0 Å². The van der Waals surface area contributed by atoms with Crippen molar-refractivity contribution in [1.82, 2.24) is 4.72 Å². The standard InChI is InChI=1S/C6H15NO3S/c1-4-10-11(8,9)7-5-6(2)3/h6-7H,4-5H2,1-3H3. The Balaban J connectivity index is 3.74. The van der Waals surface area contributed by atoms with Gasteiger partial charge in [0.1, 0.15) is 0 Å². The van der Waals surface area contributed by atoms with Crippen LogP contribution in [-0.4, -0.2) is 21.6 Å². The molecule has 4 nitrogen and oxygen atoms in total. The molecule has 0 saturated heterocycles. The van der Waals surface area contributed by atoms with E-state index in [0.717, 1.165) is 0 Å². The van der Waals surface area contributed by atoms with Gasteiger partial charge in [0.25, 0.3) is 0 Å². The van der Waals surface area contributed by atoms with E-state index in [1.54, 1.807) is 6.92 Å². The van der Waals surface area contributed by atoms with Crippen LogP contribution in [0.25, 0.3) is 0 Å². The normalized spacial score (nSPS) is 12.4. The van der Waals surface area contributed by atoms with Gasteiger partial charge in [0.05, 0.1) is 6.61 Å². The summed E-state index contributed by atoms with van der Waals surface area (Å²) in [5.41, 5.74) is 0. The van der Waals surface area contributed by atoms with Crippen molar-refractivity contribution in [3.8, 4) is 0 Å². The zero-order valence-corrected chi connectivity index (χ0v) is 7.94. The van der Waals surface area contributed by atoms with Crippen molar-refractivity contribution in [2.75, 3.05) is 13.2 Å². The predicted octanol–water partition coefficient (Wildman–Crippen LogP) is 0.513. The van der Waals surface area contributed by atoms with E-state index in [4.69, 9.17) is 0 Å². The van der Waals surface area contributed by atoms with Crippen molar-refractivity contribution >= 4 is 10.3 Å². The van der Waals surface area contributed by atoms with E-state index in [-0.39, 0.29) is 6.61 Å². The van der Waals surface area contributed by atoms with Crippen LogP contribution in [0.5, 0.6) is 0 Å². The first-order valence-electron chi connectivity index (χ1n) is 3.62. The lowest BCUT2D eigenvalue weighted by atomic mass is 10.2. The SMILES string of the molecule is CCOS(=O)(=O)NCC(C)C. The largest absolute Gasteiger partial charge is 0.335 e. The molecule has 0 amide bonds. The molecule has 0 aliphatic carbocycles. The van der Waals surface area contributed by atoms with Gasteiger partial charge in [-0.2, -0.15) is 13.1 Å². The second-order valence-electron chi connectivity index (χ2n) is 2.60. The molecule has 0 saturated carbocycles. The molecule has 0 fully saturated rings. The van der Waals surface area contributed by atoms with E-state index in [9.17, 15) is 8.42 Å². The smallest absolute Gasteiger partial charge is 0.258 e. The lowest BCUT2D eigenvalue weighted by molar-refractivity contribution is 0.328. The zero-order chi connectivity index (χ0) is 8.91. The summed E-state index contributed by atoms with van der Waals surface area (Å²) in [7, 11) is -3.48. The molecular formula is C6H15NO3S. The minimum atomic E-state index is -3.48. The number of nitrogens with one attached hydrogen (secondary N) is 1. The Hall–Kier alpha value is -0.130. The van der Waals surface area contributed by atoms with Crippen LogP contribution in [-0.2, 0) is 14.5 Å². The molecule has 0 radical (unpaired) electrons. The Morgan fingerprint density at radius 2 is 2.00 bits per heavy atom. The fourth-order valence-corrected chi connectivity index (χ4v) is 1.40. The van der Waals surface area contributed by atoms with Crippen LogP contribution in [0, 0.1) is 5.92 Å². The highest BCUT2D eigenvalue weighted by Gasteiger charge is 2.08. The fraction of sp³-hybridized carbons (Fsp3) is 1.00. The summed E-state index contributed by atoms with van der Waals surface area (Å²) >= 11 is 0. The average molecular weight is 181 g/mol. The maximum Gasteiger partial charge on any atom is 0.335 e. The molecule has 0 atom stereocenters. The lowest BCUT2D eigenvalue weighted by Crippen LogP contribution is -2.29. The second-order valence-corrected chi connectivity index (χ2v) is 4.04. The van der Waals surface area contributed by atoms with Gasteiger partial charge in [-0.1, -0.05) is 13.8 Å². The summed E-state index contributed by atoms with van der Waals surface area (Å²) in [5, 5.41) is 0. The van der Waals surface area contributed by atoms with Crippen LogP contribution >= 0.6 is 0 Å². The van der Waals surface area contributed by atoms with Gasteiger partial charge in [0.15, 0.2) is 0 Å². The maximum absolute atomic E-state index is 10.8. The second kappa shape index (κ2) is 4.69. The van der Waals surface area contributed by atoms with Crippen molar-refractivity contribution in [3.05, 3.63) is 0 Å². The molecule has 0 unspecified atom stereocenters. The van der Waals surface area contributed by atoms with Crippen LogP contribution in [0.1, 0.15) is 20.8 Å². The molecule has 11 heavy (non-hydrogen) atoms.